The van der Waals surface area contributed by atoms with Gasteiger partial charge in [-0.05, 0) is 24.6 Å². The van der Waals surface area contributed by atoms with Gasteiger partial charge in [-0.2, -0.15) is 0 Å². The van der Waals surface area contributed by atoms with E-state index in [1.165, 1.54) is 12.1 Å². The SMILES string of the molecule is Cc1cc(F)cc2nccc(Cl)c12. The number of aromatic nitrogens is 1. The first-order valence-electron chi connectivity index (χ1n) is 3.89. The molecule has 1 heterocycles. The Morgan fingerprint density at radius 1 is 1.38 bits per heavy atom. The van der Waals surface area contributed by atoms with E-state index < -0.39 is 0 Å². The predicted molar refractivity (Wildman–Crippen MR) is 51.4 cm³/mol. The Morgan fingerprint density at radius 2 is 2.15 bits per heavy atom. The van der Waals surface area contributed by atoms with Gasteiger partial charge in [-0.1, -0.05) is 11.6 Å². The highest BCUT2D eigenvalue weighted by molar-refractivity contribution is 6.35. The van der Waals surface area contributed by atoms with Crippen LogP contribution in [0.2, 0.25) is 5.02 Å². The molecule has 0 aliphatic rings. The summed E-state index contributed by atoms with van der Waals surface area (Å²) in [6.07, 6.45) is 1.57. The third-order valence-corrected chi connectivity index (χ3v) is 2.27. The maximum atomic E-state index is 12.9. The van der Waals surface area contributed by atoms with E-state index in [9.17, 15) is 4.39 Å². The van der Waals surface area contributed by atoms with Crippen molar-refractivity contribution in [2.24, 2.45) is 0 Å². The molecule has 0 saturated carbocycles. The van der Waals surface area contributed by atoms with Crippen molar-refractivity contribution >= 4 is 22.5 Å². The Hall–Kier alpha value is -1.15. The van der Waals surface area contributed by atoms with Crippen LogP contribution in [-0.2, 0) is 0 Å². The van der Waals surface area contributed by atoms with Crippen LogP contribution in [0.1, 0.15) is 5.56 Å². The second-order valence-electron chi connectivity index (χ2n) is 2.91. The van der Waals surface area contributed by atoms with Crippen molar-refractivity contribution in [3.8, 4) is 0 Å². The van der Waals surface area contributed by atoms with Gasteiger partial charge in [-0.25, -0.2) is 4.39 Å². The van der Waals surface area contributed by atoms with Crippen molar-refractivity contribution in [1.82, 2.24) is 4.98 Å². The molecule has 0 aliphatic heterocycles. The summed E-state index contributed by atoms with van der Waals surface area (Å²) in [7, 11) is 0. The molecule has 1 aromatic carbocycles. The highest BCUT2D eigenvalue weighted by Gasteiger charge is 2.04. The summed E-state index contributed by atoms with van der Waals surface area (Å²) >= 11 is 5.95. The first kappa shape index (κ1) is 8.45. The minimum atomic E-state index is -0.278. The van der Waals surface area contributed by atoms with Crippen molar-refractivity contribution in [3.63, 3.8) is 0 Å². The third kappa shape index (κ3) is 1.38. The van der Waals surface area contributed by atoms with E-state index >= 15 is 0 Å². The van der Waals surface area contributed by atoms with Gasteiger partial charge in [0.1, 0.15) is 5.82 Å². The van der Waals surface area contributed by atoms with Gasteiger partial charge in [-0.3, -0.25) is 4.98 Å². The Morgan fingerprint density at radius 3 is 2.92 bits per heavy atom. The summed E-state index contributed by atoms with van der Waals surface area (Å²) in [5.74, 6) is -0.278. The highest BCUT2D eigenvalue weighted by atomic mass is 35.5. The van der Waals surface area contributed by atoms with Gasteiger partial charge in [0.2, 0.25) is 0 Å². The van der Waals surface area contributed by atoms with Gasteiger partial charge in [0.05, 0.1) is 10.5 Å². The van der Waals surface area contributed by atoms with E-state index in [1.54, 1.807) is 12.3 Å². The van der Waals surface area contributed by atoms with Crippen molar-refractivity contribution < 1.29 is 4.39 Å². The first-order chi connectivity index (χ1) is 6.18. The van der Waals surface area contributed by atoms with E-state index in [1.807, 2.05) is 6.92 Å². The third-order valence-electron chi connectivity index (χ3n) is 1.95. The van der Waals surface area contributed by atoms with Gasteiger partial charge in [0.15, 0.2) is 0 Å². The Balaban J connectivity index is 2.94. The lowest BCUT2D eigenvalue weighted by molar-refractivity contribution is 0.628. The van der Waals surface area contributed by atoms with Crippen LogP contribution in [0.25, 0.3) is 10.9 Å². The lowest BCUT2D eigenvalue weighted by Gasteiger charge is -2.02. The number of aryl methyl sites for hydroxylation is 1. The predicted octanol–water partition coefficient (Wildman–Crippen LogP) is 3.34. The largest absolute Gasteiger partial charge is 0.256 e. The van der Waals surface area contributed by atoms with Crippen LogP contribution in [0.4, 0.5) is 4.39 Å². The van der Waals surface area contributed by atoms with Crippen molar-refractivity contribution in [2.45, 2.75) is 6.92 Å². The first-order valence-corrected chi connectivity index (χ1v) is 4.26. The van der Waals surface area contributed by atoms with Gasteiger partial charge < -0.3 is 0 Å². The van der Waals surface area contributed by atoms with Crippen LogP contribution in [0, 0.1) is 12.7 Å². The fraction of sp³-hybridized carbons (Fsp3) is 0.100. The molecule has 0 saturated heterocycles. The molecule has 66 valence electrons. The van der Waals surface area contributed by atoms with E-state index in [4.69, 9.17) is 11.6 Å². The average molecular weight is 196 g/mol. The van der Waals surface area contributed by atoms with Crippen LogP contribution >= 0.6 is 11.6 Å². The molecule has 0 radical (unpaired) electrons. The number of nitrogens with zero attached hydrogens (tertiary/aromatic N) is 1. The maximum absolute atomic E-state index is 12.9. The molecule has 0 bridgehead atoms. The molecule has 3 heteroatoms. The van der Waals surface area contributed by atoms with Gasteiger partial charge in [-0.15, -0.1) is 0 Å². The number of hydrogen-bond donors (Lipinski definition) is 0. The Kier molecular flexibility index (Phi) is 1.93. The number of hydrogen-bond acceptors (Lipinski definition) is 1. The number of rotatable bonds is 0. The molecule has 0 amide bonds. The quantitative estimate of drug-likeness (QED) is 0.628. The van der Waals surface area contributed by atoms with E-state index in [-0.39, 0.29) is 5.82 Å². The molecule has 1 nitrogen and oxygen atoms in total. The molecule has 13 heavy (non-hydrogen) atoms. The van der Waals surface area contributed by atoms with Crippen LogP contribution in [-0.4, -0.2) is 4.98 Å². The molecular weight excluding hydrogens is 189 g/mol. The summed E-state index contributed by atoms with van der Waals surface area (Å²) in [6, 6.07) is 4.54. The maximum Gasteiger partial charge on any atom is 0.125 e. The number of halogens is 2. The molecule has 0 atom stereocenters. The lowest BCUT2D eigenvalue weighted by atomic mass is 10.1. The second kappa shape index (κ2) is 2.96. The molecule has 0 aliphatic carbocycles. The Bertz CT molecular complexity index is 468. The molecule has 2 rings (SSSR count). The minimum absolute atomic E-state index is 0.278. The zero-order chi connectivity index (χ0) is 9.42. The number of pyridine rings is 1. The van der Waals surface area contributed by atoms with Gasteiger partial charge >= 0.3 is 0 Å². The summed E-state index contributed by atoms with van der Waals surface area (Å²) in [5.41, 5.74) is 1.41. The molecule has 2 aromatic rings. The van der Waals surface area contributed by atoms with Crippen molar-refractivity contribution in [1.29, 1.82) is 0 Å². The smallest absolute Gasteiger partial charge is 0.125 e. The van der Waals surface area contributed by atoms with Gasteiger partial charge in [0, 0.05) is 17.6 Å². The zero-order valence-electron chi connectivity index (χ0n) is 7.01. The average Bonchev–Trinajstić information content (AvgIpc) is 2.02. The van der Waals surface area contributed by atoms with Crippen LogP contribution < -0.4 is 0 Å². The minimum Gasteiger partial charge on any atom is -0.256 e. The van der Waals surface area contributed by atoms with Crippen LogP contribution in [0.15, 0.2) is 24.4 Å². The summed E-state index contributed by atoms with van der Waals surface area (Å²) in [4.78, 5) is 4.04. The van der Waals surface area contributed by atoms with Crippen molar-refractivity contribution in [2.75, 3.05) is 0 Å². The van der Waals surface area contributed by atoms with Gasteiger partial charge in [0.25, 0.3) is 0 Å². The van der Waals surface area contributed by atoms with Crippen LogP contribution in [0.5, 0.6) is 0 Å². The van der Waals surface area contributed by atoms with Crippen molar-refractivity contribution in [3.05, 3.63) is 40.8 Å². The molecule has 0 fully saturated rings. The lowest BCUT2D eigenvalue weighted by Crippen LogP contribution is -1.85. The topological polar surface area (TPSA) is 12.9 Å². The summed E-state index contributed by atoms with van der Waals surface area (Å²) in [6.45, 7) is 1.82. The second-order valence-corrected chi connectivity index (χ2v) is 3.32. The van der Waals surface area contributed by atoms with E-state index in [0.29, 0.717) is 10.5 Å². The van der Waals surface area contributed by atoms with Crippen LogP contribution in [0.3, 0.4) is 0 Å². The highest BCUT2D eigenvalue weighted by Crippen LogP contribution is 2.25. The summed E-state index contributed by atoms with van der Waals surface area (Å²) < 4.78 is 12.9. The molecule has 0 spiro atoms. The number of benzene rings is 1. The fourth-order valence-electron chi connectivity index (χ4n) is 1.40. The molecule has 1 aromatic heterocycles. The molecule has 0 unspecified atom stereocenters. The standard InChI is InChI=1S/C10H7ClFN/c1-6-4-7(12)5-9-10(6)8(11)2-3-13-9/h2-5H,1H3. The Labute approximate surface area is 80.2 Å². The number of fused-ring (bicyclic) bond motifs is 1. The molecule has 0 N–H and O–H groups in total. The fourth-order valence-corrected chi connectivity index (χ4v) is 1.71. The molecular formula is C10H7ClFN. The van der Waals surface area contributed by atoms with E-state index in [2.05, 4.69) is 4.98 Å². The monoisotopic (exact) mass is 195 g/mol. The summed E-state index contributed by atoms with van der Waals surface area (Å²) in [5, 5.41) is 1.44. The zero-order valence-corrected chi connectivity index (χ0v) is 7.77. The normalized spacial score (nSPS) is 10.7. The van der Waals surface area contributed by atoms with E-state index in [0.717, 1.165) is 10.9 Å².